The maximum Gasteiger partial charge on any atom is 0.267 e. The summed E-state index contributed by atoms with van der Waals surface area (Å²) in [5.74, 6) is -3.11. The van der Waals surface area contributed by atoms with Crippen molar-refractivity contribution < 1.29 is 28.2 Å². The van der Waals surface area contributed by atoms with E-state index in [2.05, 4.69) is 24.4 Å². The molecule has 3 aliphatic heterocycles. The molecule has 0 aromatic heterocycles. The van der Waals surface area contributed by atoms with Gasteiger partial charge in [0.05, 0.1) is 31.3 Å². The molecule has 3 fully saturated rings. The van der Waals surface area contributed by atoms with Gasteiger partial charge in [-0.15, -0.1) is 0 Å². The van der Waals surface area contributed by atoms with Crippen LogP contribution in [0.1, 0.15) is 30.4 Å². The molecule has 3 heterocycles. The molecule has 3 saturated heterocycles. The van der Waals surface area contributed by atoms with Crippen molar-refractivity contribution in [1.82, 2.24) is 10.2 Å². The summed E-state index contributed by atoms with van der Waals surface area (Å²) in [5, 5.41) is 13.9. The minimum absolute atomic E-state index is 0.0510. The highest BCUT2D eigenvalue weighted by Crippen LogP contribution is 2.36. The zero-order valence-corrected chi connectivity index (χ0v) is 16.5. The summed E-state index contributed by atoms with van der Waals surface area (Å²) >= 11 is 0. The summed E-state index contributed by atoms with van der Waals surface area (Å²) in [7, 11) is 0. The number of carbonyl (C=O) groups is 1. The van der Waals surface area contributed by atoms with Gasteiger partial charge in [0.25, 0.3) is 5.92 Å². The zero-order valence-electron chi connectivity index (χ0n) is 16.5. The van der Waals surface area contributed by atoms with E-state index in [1.807, 2.05) is 12.1 Å². The number of ether oxygens (including phenoxy) is 2. The fraction of sp³-hybridized carbons (Fsp3) is 0.667. The van der Waals surface area contributed by atoms with Gasteiger partial charge in [0, 0.05) is 32.5 Å². The minimum Gasteiger partial charge on any atom is -0.388 e. The van der Waals surface area contributed by atoms with E-state index in [4.69, 9.17) is 9.47 Å². The molecule has 1 aromatic rings. The minimum atomic E-state index is -2.79. The van der Waals surface area contributed by atoms with Crippen molar-refractivity contribution in [2.24, 2.45) is 0 Å². The van der Waals surface area contributed by atoms with Crippen LogP contribution in [0.25, 0.3) is 0 Å². The normalized spacial score (nSPS) is 33.2. The number of nitrogens with one attached hydrogen (secondary N) is 1. The molecule has 160 valence electrons. The maximum absolute atomic E-state index is 13.3. The Kier molecular flexibility index (Phi) is 5.88. The Balaban J connectivity index is 1.22. The molecular formula is C21H28F2N2O4. The molecule has 6 nitrogen and oxygen atoms in total. The van der Waals surface area contributed by atoms with Gasteiger partial charge in [0.15, 0.2) is 0 Å². The van der Waals surface area contributed by atoms with Crippen LogP contribution in [0.4, 0.5) is 8.78 Å². The van der Waals surface area contributed by atoms with E-state index in [1.54, 1.807) is 0 Å². The third kappa shape index (κ3) is 4.60. The number of fused-ring (bicyclic) bond motifs is 1. The van der Waals surface area contributed by atoms with E-state index < -0.39 is 30.8 Å². The lowest BCUT2D eigenvalue weighted by molar-refractivity contribution is -0.135. The molecule has 4 rings (SSSR count). The average molecular weight is 410 g/mol. The quantitative estimate of drug-likeness (QED) is 0.746. The van der Waals surface area contributed by atoms with E-state index in [1.165, 1.54) is 16.0 Å². The number of nitrogens with zero attached hydrogens (tertiary/aromatic N) is 1. The van der Waals surface area contributed by atoms with Crippen LogP contribution < -0.4 is 5.32 Å². The fourth-order valence-corrected chi connectivity index (χ4v) is 4.44. The number of halogens is 2. The first-order valence-electron chi connectivity index (χ1n) is 10.2. The van der Waals surface area contributed by atoms with Crippen LogP contribution in [0.15, 0.2) is 24.3 Å². The van der Waals surface area contributed by atoms with Gasteiger partial charge in [-0.05, 0) is 18.1 Å². The molecule has 0 saturated carbocycles. The Morgan fingerprint density at radius 3 is 2.83 bits per heavy atom. The smallest absolute Gasteiger partial charge is 0.267 e. The second-order valence-corrected chi connectivity index (χ2v) is 8.34. The lowest BCUT2D eigenvalue weighted by Crippen LogP contribution is -2.39. The van der Waals surface area contributed by atoms with Crippen LogP contribution >= 0.6 is 0 Å². The number of amides is 1. The molecule has 2 N–H and O–H groups in total. The van der Waals surface area contributed by atoms with Gasteiger partial charge in [-0.2, -0.15) is 0 Å². The molecular weight excluding hydrogens is 382 g/mol. The first-order chi connectivity index (χ1) is 13.8. The predicted octanol–water partition coefficient (Wildman–Crippen LogP) is 1.63. The molecule has 0 bridgehead atoms. The molecule has 1 aromatic carbocycles. The van der Waals surface area contributed by atoms with E-state index >= 15 is 0 Å². The first kappa shape index (κ1) is 20.7. The SMILES string of the molecule is Cc1ccccc1CNC[C@H]1O[C@@H]2C[C@@H](CC(=O)N3CCC(F)(F)C3)O[C@@H]2[C@@H]1O. The van der Waals surface area contributed by atoms with Crippen molar-refractivity contribution in [3.05, 3.63) is 35.4 Å². The Morgan fingerprint density at radius 2 is 2.14 bits per heavy atom. The highest BCUT2D eigenvalue weighted by atomic mass is 19.3. The van der Waals surface area contributed by atoms with Gasteiger partial charge >= 0.3 is 0 Å². The number of hydrogen-bond acceptors (Lipinski definition) is 5. The molecule has 0 spiro atoms. The third-order valence-corrected chi connectivity index (χ3v) is 6.13. The number of aryl methyl sites for hydroxylation is 1. The van der Waals surface area contributed by atoms with E-state index in [9.17, 15) is 18.7 Å². The van der Waals surface area contributed by atoms with Gasteiger partial charge in [0.2, 0.25) is 5.91 Å². The molecule has 0 radical (unpaired) electrons. The number of aliphatic hydroxyl groups is 1. The second kappa shape index (κ2) is 8.26. The summed E-state index contributed by atoms with van der Waals surface area (Å²) in [6.45, 7) is 2.81. The topological polar surface area (TPSA) is 71.0 Å². The summed E-state index contributed by atoms with van der Waals surface area (Å²) in [5.41, 5.74) is 2.40. The summed E-state index contributed by atoms with van der Waals surface area (Å²) < 4.78 is 38.4. The van der Waals surface area contributed by atoms with Crippen LogP contribution in [0, 0.1) is 6.92 Å². The van der Waals surface area contributed by atoms with Crippen LogP contribution in [-0.2, 0) is 20.8 Å². The molecule has 8 heteroatoms. The highest BCUT2D eigenvalue weighted by molar-refractivity contribution is 5.77. The Morgan fingerprint density at radius 1 is 1.34 bits per heavy atom. The monoisotopic (exact) mass is 410 g/mol. The van der Waals surface area contributed by atoms with Crippen LogP contribution in [0.5, 0.6) is 0 Å². The number of rotatable bonds is 6. The second-order valence-electron chi connectivity index (χ2n) is 8.34. The Hall–Kier alpha value is -1.61. The van der Waals surface area contributed by atoms with Gasteiger partial charge in [0.1, 0.15) is 12.2 Å². The van der Waals surface area contributed by atoms with E-state index in [0.717, 1.165) is 0 Å². The number of alkyl halides is 2. The molecule has 5 atom stereocenters. The maximum atomic E-state index is 13.3. The number of benzene rings is 1. The number of hydrogen-bond donors (Lipinski definition) is 2. The molecule has 3 aliphatic rings. The standard InChI is InChI=1S/C21H28F2N2O4/c1-13-4-2-3-5-14(13)10-24-11-17-19(27)20-16(29-17)8-15(28-20)9-18(26)25-7-6-21(22,23)12-25/h2-5,15-17,19-20,24,27H,6-12H2,1H3/t15-,16+,17+,19+,20-/m0/s1. The van der Waals surface area contributed by atoms with Gasteiger partial charge < -0.3 is 24.8 Å². The third-order valence-electron chi connectivity index (χ3n) is 6.13. The van der Waals surface area contributed by atoms with Crippen molar-refractivity contribution in [2.45, 2.75) is 69.2 Å². The van der Waals surface area contributed by atoms with Crippen molar-refractivity contribution >= 4 is 5.91 Å². The Labute approximate surface area is 169 Å². The van der Waals surface area contributed by atoms with Gasteiger partial charge in [-0.25, -0.2) is 8.78 Å². The molecule has 1 amide bonds. The zero-order chi connectivity index (χ0) is 20.6. The van der Waals surface area contributed by atoms with E-state index in [0.29, 0.717) is 19.5 Å². The average Bonchev–Trinajstić information content (AvgIpc) is 3.31. The van der Waals surface area contributed by atoms with Crippen LogP contribution in [-0.4, -0.2) is 72.0 Å². The lowest BCUT2D eigenvalue weighted by Gasteiger charge is -2.22. The van der Waals surface area contributed by atoms with Crippen molar-refractivity contribution in [2.75, 3.05) is 19.6 Å². The summed E-state index contributed by atoms with van der Waals surface area (Å²) in [6, 6.07) is 8.11. The summed E-state index contributed by atoms with van der Waals surface area (Å²) in [6.07, 6.45) is -2.03. The number of aliphatic hydroxyl groups excluding tert-OH is 1. The lowest BCUT2D eigenvalue weighted by atomic mass is 10.1. The van der Waals surface area contributed by atoms with Gasteiger partial charge in [-0.1, -0.05) is 24.3 Å². The van der Waals surface area contributed by atoms with Crippen LogP contribution in [0.3, 0.4) is 0 Å². The van der Waals surface area contributed by atoms with Crippen molar-refractivity contribution in [1.29, 1.82) is 0 Å². The molecule has 0 aliphatic carbocycles. The van der Waals surface area contributed by atoms with Crippen LogP contribution in [0.2, 0.25) is 0 Å². The van der Waals surface area contributed by atoms with Crippen molar-refractivity contribution in [3.8, 4) is 0 Å². The number of likely N-dealkylation sites (tertiary alicyclic amines) is 1. The molecule has 0 unspecified atom stereocenters. The van der Waals surface area contributed by atoms with Gasteiger partial charge in [-0.3, -0.25) is 4.79 Å². The predicted molar refractivity (Wildman–Crippen MR) is 102 cm³/mol. The Bertz CT molecular complexity index is 747. The van der Waals surface area contributed by atoms with Crippen molar-refractivity contribution in [3.63, 3.8) is 0 Å². The number of carbonyl (C=O) groups excluding carboxylic acids is 1. The fourth-order valence-electron chi connectivity index (χ4n) is 4.44. The molecule has 29 heavy (non-hydrogen) atoms. The summed E-state index contributed by atoms with van der Waals surface area (Å²) in [4.78, 5) is 13.5. The highest BCUT2D eigenvalue weighted by Gasteiger charge is 2.51. The largest absolute Gasteiger partial charge is 0.388 e. The van der Waals surface area contributed by atoms with E-state index in [-0.39, 0.29) is 37.5 Å². The first-order valence-corrected chi connectivity index (χ1v) is 10.2.